The molecule has 1 unspecified atom stereocenters. The van der Waals surface area contributed by atoms with Crippen LogP contribution in [0, 0.1) is 23.3 Å². The van der Waals surface area contributed by atoms with E-state index in [1.54, 1.807) is 18.2 Å². The second kappa shape index (κ2) is 11.8. The predicted octanol–water partition coefficient (Wildman–Crippen LogP) is 10.4. The SMILES string of the molecule is C=CC1=CCC=C(CC2=C(F)C(F)=CC(c3c(F)c(F)c(Oc4ccc(C=C)cc4)c(F)c3F)C(F)=C2F)C=C1. The van der Waals surface area contributed by atoms with E-state index in [4.69, 9.17) is 4.74 Å². The van der Waals surface area contributed by atoms with Crippen molar-refractivity contribution in [1.29, 1.82) is 0 Å². The standard InChI is InChI=1S/C31H20F8O/c1-3-16-6-5-7-18(9-8-16)14-21-24(33)22(32)15-20(25(34)26(21)35)23-27(36)29(38)31(30(39)28(23)37)40-19-12-10-17(4-2)11-13-19/h3-4,6-13,15,20H,1-2,5,14H2. The maximum atomic E-state index is 15.3. The Bertz CT molecular complexity index is 1540. The van der Waals surface area contributed by atoms with Crippen LogP contribution in [0.4, 0.5) is 35.1 Å². The summed E-state index contributed by atoms with van der Waals surface area (Å²) in [5.41, 5.74) is -1.18. The Labute approximate surface area is 224 Å². The highest BCUT2D eigenvalue weighted by atomic mass is 19.2. The van der Waals surface area contributed by atoms with Crippen LogP contribution in [0.15, 0.2) is 114 Å². The first-order chi connectivity index (χ1) is 19.1. The van der Waals surface area contributed by atoms with Crippen molar-refractivity contribution in [2.24, 2.45) is 0 Å². The first-order valence-electron chi connectivity index (χ1n) is 11.8. The molecule has 0 saturated carbocycles. The lowest BCUT2D eigenvalue weighted by Crippen LogP contribution is -2.11. The monoisotopic (exact) mass is 560 g/mol. The predicted molar refractivity (Wildman–Crippen MR) is 137 cm³/mol. The molecule has 0 saturated heterocycles. The Morgan fingerprint density at radius 1 is 0.775 bits per heavy atom. The molecule has 1 atom stereocenters. The molecule has 0 aliphatic heterocycles. The number of rotatable bonds is 7. The van der Waals surface area contributed by atoms with Gasteiger partial charge in [-0.2, -0.15) is 8.78 Å². The Kier molecular flexibility index (Phi) is 8.42. The van der Waals surface area contributed by atoms with Crippen molar-refractivity contribution in [3.8, 4) is 11.5 Å². The van der Waals surface area contributed by atoms with Gasteiger partial charge in [0.2, 0.25) is 17.4 Å². The molecule has 40 heavy (non-hydrogen) atoms. The lowest BCUT2D eigenvalue weighted by molar-refractivity contribution is 0.356. The van der Waals surface area contributed by atoms with Crippen molar-refractivity contribution in [2.45, 2.75) is 18.8 Å². The number of ether oxygens (including phenoxy) is 1. The number of hydrogen-bond acceptors (Lipinski definition) is 1. The lowest BCUT2D eigenvalue weighted by atomic mass is 9.94. The summed E-state index contributed by atoms with van der Waals surface area (Å²) >= 11 is 0. The van der Waals surface area contributed by atoms with E-state index in [2.05, 4.69) is 13.2 Å². The van der Waals surface area contributed by atoms with Crippen LogP contribution in [-0.2, 0) is 0 Å². The average Bonchev–Trinajstić information content (AvgIpc) is 3.23. The normalized spacial score (nSPS) is 17.6. The molecule has 2 aliphatic carbocycles. The van der Waals surface area contributed by atoms with Gasteiger partial charge in [0.25, 0.3) is 0 Å². The number of allylic oxidation sites excluding steroid dienone is 13. The van der Waals surface area contributed by atoms with Gasteiger partial charge in [-0.15, -0.1) is 0 Å². The highest BCUT2D eigenvalue weighted by Crippen LogP contribution is 2.45. The number of hydrogen-bond donors (Lipinski definition) is 0. The molecule has 0 radical (unpaired) electrons. The third-order valence-electron chi connectivity index (χ3n) is 6.28. The molecule has 0 spiro atoms. The van der Waals surface area contributed by atoms with Crippen molar-refractivity contribution in [3.05, 3.63) is 148 Å². The molecule has 2 aliphatic rings. The molecule has 0 N–H and O–H groups in total. The van der Waals surface area contributed by atoms with E-state index in [-0.39, 0.29) is 17.4 Å². The van der Waals surface area contributed by atoms with Gasteiger partial charge in [-0.25, -0.2) is 26.3 Å². The van der Waals surface area contributed by atoms with E-state index in [1.807, 2.05) is 0 Å². The second-order valence-electron chi connectivity index (χ2n) is 8.75. The van der Waals surface area contributed by atoms with E-state index >= 15 is 17.6 Å². The first kappa shape index (κ1) is 28.6. The summed E-state index contributed by atoms with van der Waals surface area (Å²) in [5.74, 6) is -20.6. The van der Waals surface area contributed by atoms with E-state index in [0.717, 1.165) is 0 Å². The van der Waals surface area contributed by atoms with Gasteiger partial charge in [0, 0.05) is 17.6 Å². The summed E-state index contributed by atoms with van der Waals surface area (Å²) in [4.78, 5) is 0. The molecule has 206 valence electrons. The lowest BCUT2D eigenvalue weighted by Gasteiger charge is -2.17. The molecular formula is C31H20F8O. The summed E-state index contributed by atoms with van der Waals surface area (Å²) in [6.07, 6.45) is 9.04. The molecule has 2 aromatic rings. The van der Waals surface area contributed by atoms with Crippen LogP contribution in [0.2, 0.25) is 0 Å². The number of benzene rings is 2. The third-order valence-corrected chi connectivity index (χ3v) is 6.28. The largest absolute Gasteiger partial charge is 0.451 e. The summed E-state index contributed by atoms with van der Waals surface area (Å²) in [7, 11) is 0. The first-order valence-corrected chi connectivity index (χ1v) is 11.8. The molecule has 0 heterocycles. The van der Waals surface area contributed by atoms with Gasteiger partial charge in [0.05, 0.1) is 5.92 Å². The Balaban J connectivity index is 1.74. The highest BCUT2D eigenvalue weighted by Gasteiger charge is 2.37. The van der Waals surface area contributed by atoms with E-state index in [9.17, 15) is 17.6 Å². The van der Waals surface area contributed by atoms with Crippen LogP contribution >= 0.6 is 0 Å². The molecule has 1 nitrogen and oxygen atoms in total. The minimum Gasteiger partial charge on any atom is -0.451 e. The number of halogens is 8. The fraction of sp³-hybridized carbons (Fsp3) is 0.0968. The van der Waals surface area contributed by atoms with E-state index in [1.165, 1.54) is 42.5 Å². The van der Waals surface area contributed by atoms with Gasteiger partial charge in [-0.3, -0.25) is 0 Å². The fourth-order valence-electron chi connectivity index (χ4n) is 4.13. The fourth-order valence-corrected chi connectivity index (χ4v) is 4.13. The Morgan fingerprint density at radius 3 is 2.02 bits per heavy atom. The Hall–Kier alpha value is -4.40. The van der Waals surface area contributed by atoms with Gasteiger partial charge in [-0.1, -0.05) is 61.7 Å². The summed E-state index contributed by atoms with van der Waals surface area (Å²) in [5, 5.41) is 0. The zero-order chi connectivity index (χ0) is 29.1. The smallest absolute Gasteiger partial charge is 0.204 e. The highest BCUT2D eigenvalue weighted by molar-refractivity contribution is 5.52. The minimum absolute atomic E-state index is 0.0147. The van der Waals surface area contributed by atoms with Crippen molar-refractivity contribution in [1.82, 2.24) is 0 Å². The van der Waals surface area contributed by atoms with Crippen LogP contribution in [0.1, 0.15) is 29.9 Å². The minimum atomic E-state index is -2.67. The van der Waals surface area contributed by atoms with Crippen LogP contribution in [0.5, 0.6) is 11.5 Å². The zero-order valence-electron chi connectivity index (χ0n) is 20.7. The quantitative estimate of drug-likeness (QED) is 0.242. The van der Waals surface area contributed by atoms with E-state index < -0.39 is 75.8 Å². The van der Waals surface area contributed by atoms with E-state index in [0.29, 0.717) is 17.6 Å². The third kappa shape index (κ3) is 5.50. The van der Waals surface area contributed by atoms with Crippen LogP contribution in [0.3, 0.4) is 0 Å². The van der Waals surface area contributed by atoms with Gasteiger partial charge >= 0.3 is 0 Å². The van der Waals surface area contributed by atoms with Gasteiger partial charge in [0.1, 0.15) is 11.6 Å². The molecule has 2 aromatic carbocycles. The average molecular weight is 560 g/mol. The Morgan fingerprint density at radius 2 is 1.43 bits per heavy atom. The summed E-state index contributed by atoms with van der Waals surface area (Å²) in [6, 6.07) is 5.36. The van der Waals surface area contributed by atoms with Crippen LogP contribution in [0.25, 0.3) is 6.08 Å². The van der Waals surface area contributed by atoms with Gasteiger partial charge in [0.15, 0.2) is 29.1 Å². The van der Waals surface area contributed by atoms with Crippen LogP contribution < -0.4 is 4.74 Å². The van der Waals surface area contributed by atoms with Crippen molar-refractivity contribution >= 4 is 6.08 Å². The molecule has 0 aromatic heterocycles. The second-order valence-corrected chi connectivity index (χ2v) is 8.75. The van der Waals surface area contributed by atoms with Crippen molar-refractivity contribution in [3.63, 3.8) is 0 Å². The molecule has 0 bridgehead atoms. The molecular weight excluding hydrogens is 540 g/mol. The molecule has 4 rings (SSSR count). The van der Waals surface area contributed by atoms with Crippen molar-refractivity contribution < 1.29 is 39.9 Å². The topological polar surface area (TPSA) is 9.23 Å². The van der Waals surface area contributed by atoms with Crippen LogP contribution in [-0.4, -0.2) is 0 Å². The van der Waals surface area contributed by atoms with Gasteiger partial charge in [-0.05, 0) is 41.3 Å². The maximum absolute atomic E-state index is 15.3. The maximum Gasteiger partial charge on any atom is 0.204 e. The molecule has 9 heteroatoms. The summed E-state index contributed by atoms with van der Waals surface area (Å²) < 4.78 is 125. The van der Waals surface area contributed by atoms with Crippen molar-refractivity contribution in [2.75, 3.05) is 0 Å². The zero-order valence-corrected chi connectivity index (χ0v) is 20.7. The summed E-state index contributed by atoms with van der Waals surface area (Å²) in [6.45, 7) is 7.14. The molecule has 0 fully saturated rings. The van der Waals surface area contributed by atoms with Gasteiger partial charge < -0.3 is 4.74 Å². The molecule has 0 amide bonds.